The van der Waals surface area contributed by atoms with E-state index in [0.717, 1.165) is 0 Å². The van der Waals surface area contributed by atoms with Crippen LogP contribution < -0.4 is 0 Å². The van der Waals surface area contributed by atoms with Crippen LogP contribution in [0.15, 0.2) is 28.2 Å². The van der Waals surface area contributed by atoms with Gasteiger partial charge in [0, 0.05) is 14.2 Å². The average Bonchev–Trinajstić information content (AvgIpc) is 3.18. The number of pyridine rings is 1. The van der Waals surface area contributed by atoms with E-state index in [1.165, 1.54) is 0 Å². The van der Waals surface area contributed by atoms with E-state index in [4.69, 9.17) is 18.9 Å². The van der Waals surface area contributed by atoms with Crippen LogP contribution in [0, 0.1) is 0 Å². The first-order chi connectivity index (χ1) is 10.8. The molecule has 2 aliphatic heterocycles. The maximum absolute atomic E-state index is 5.59. The number of hydrogen-bond donors (Lipinski definition) is 0. The van der Waals surface area contributed by atoms with E-state index in [1.807, 2.05) is 18.2 Å². The highest BCUT2D eigenvalue weighted by atomic mass is 16.5. The first-order valence-electron chi connectivity index (χ1n) is 7.17. The summed E-state index contributed by atoms with van der Waals surface area (Å²) >= 11 is 0. The number of hydrogen-bond acceptors (Lipinski definition) is 7. The van der Waals surface area contributed by atoms with Crippen LogP contribution in [0.1, 0.15) is 11.4 Å². The lowest BCUT2D eigenvalue weighted by molar-refractivity contribution is 0.164. The van der Waals surface area contributed by atoms with Crippen molar-refractivity contribution >= 4 is 11.8 Å². The lowest BCUT2D eigenvalue weighted by Crippen LogP contribution is -2.13. The summed E-state index contributed by atoms with van der Waals surface area (Å²) in [5.74, 6) is 1.08. The lowest BCUT2D eigenvalue weighted by Gasteiger charge is -2.04. The third kappa shape index (κ3) is 3.26. The highest BCUT2D eigenvalue weighted by Crippen LogP contribution is 2.14. The summed E-state index contributed by atoms with van der Waals surface area (Å²) in [6.45, 7) is 2.11. The standard InChI is InChI=1S/C15H19N3O4/c1-19-6-10-8-21-14(16-10)12-4-3-5-13(18-12)15-17-11(7-20-2)9-22-15/h3-5,10-11H,6-9H2,1-2H3/t10-,11-/m1/s1. The SMILES string of the molecule is COC[C@@H]1COC(c2cccc(C3=N[C@H](COC)CO3)n2)=N1. The first kappa shape index (κ1) is 14.9. The summed E-state index contributed by atoms with van der Waals surface area (Å²) < 4.78 is 21.4. The highest BCUT2D eigenvalue weighted by Gasteiger charge is 2.24. The molecule has 0 saturated heterocycles. The smallest absolute Gasteiger partial charge is 0.235 e. The molecule has 7 heteroatoms. The summed E-state index contributed by atoms with van der Waals surface area (Å²) in [5, 5.41) is 0. The number of methoxy groups -OCH3 is 2. The average molecular weight is 305 g/mol. The van der Waals surface area contributed by atoms with Gasteiger partial charge in [0.05, 0.1) is 13.2 Å². The lowest BCUT2D eigenvalue weighted by atomic mass is 10.3. The van der Waals surface area contributed by atoms with Crippen molar-refractivity contribution in [2.45, 2.75) is 12.1 Å². The molecule has 0 aromatic carbocycles. The Morgan fingerprint density at radius 1 is 0.955 bits per heavy atom. The van der Waals surface area contributed by atoms with Crippen molar-refractivity contribution in [3.8, 4) is 0 Å². The molecule has 1 aromatic rings. The van der Waals surface area contributed by atoms with Gasteiger partial charge in [-0.1, -0.05) is 6.07 Å². The van der Waals surface area contributed by atoms with Gasteiger partial charge >= 0.3 is 0 Å². The van der Waals surface area contributed by atoms with Gasteiger partial charge in [0.2, 0.25) is 11.8 Å². The Bertz CT molecular complexity index is 541. The molecule has 0 radical (unpaired) electrons. The fourth-order valence-corrected chi connectivity index (χ4v) is 2.34. The highest BCUT2D eigenvalue weighted by molar-refractivity contribution is 5.97. The molecule has 2 atom stereocenters. The van der Waals surface area contributed by atoms with E-state index in [9.17, 15) is 0 Å². The Labute approximate surface area is 129 Å². The zero-order valence-corrected chi connectivity index (χ0v) is 12.7. The van der Waals surface area contributed by atoms with Gasteiger partial charge in [-0.3, -0.25) is 0 Å². The number of nitrogens with zero attached hydrogens (tertiary/aromatic N) is 3. The number of aromatic nitrogens is 1. The van der Waals surface area contributed by atoms with Crippen molar-refractivity contribution in [3.63, 3.8) is 0 Å². The first-order valence-corrected chi connectivity index (χ1v) is 7.17. The number of aliphatic imine (C=N–C) groups is 2. The second-order valence-electron chi connectivity index (χ2n) is 5.12. The second-order valence-corrected chi connectivity index (χ2v) is 5.12. The molecule has 0 aliphatic carbocycles. The van der Waals surface area contributed by atoms with Crippen molar-refractivity contribution in [2.75, 3.05) is 40.6 Å². The van der Waals surface area contributed by atoms with Crippen LogP contribution in [0.3, 0.4) is 0 Å². The molecule has 0 bridgehead atoms. The van der Waals surface area contributed by atoms with Crippen molar-refractivity contribution < 1.29 is 18.9 Å². The minimum Gasteiger partial charge on any atom is -0.474 e. The molecule has 7 nitrogen and oxygen atoms in total. The van der Waals surface area contributed by atoms with E-state index in [2.05, 4.69) is 15.0 Å². The van der Waals surface area contributed by atoms with Gasteiger partial charge in [0.25, 0.3) is 0 Å². The Morgan fingerprint density at radius 2 is 1.45 bits per heavy atom. The van der Waals surface area contributed by atoms with Crippen molar-refractivity contribution in [1.82, 2.24) is 4.98 Å². The molecule has 1 aromatic heterocycles. The van der Waals surface area contributed by atoms with Crippen LogP contribution in [-0.4, -0.2) is 69.5 Å². The van der Waals surface area contributed by atoms with Gasteiger partial charge in [0.15, 0.2) is 0 Å². The largest absolute Gasteiger partial charge is 0.474 e. The third-order valence-electron chi connectivity index (χ3n) is 3.33. The minimum absolute atomic E-state index is 0.0246. The maximum Gasteiger partial charge on any atom is 0.235 e. The number of rotatable bonds is 6. The van der Waals surface area contributed by atoms with E-state index in [-0.39, 0.29) is 12.1 Å². The summed E-state index contributed by atoms with van der Waals surface area (Å²) in [4.78, 5) is 13.5. The molecular formula is C15H19N3O4. The summed E-state index contributed by atoms with van der Waals surface area (Å²) in [6, 6.07) is 5.66. The zero-order valence-electron chi connectivity index (χ0n) is 12.7. The van der Waals surface area contributed by atoms with Gasteiger partial charge in [-0.15, -0.1) is 0 Å². The summed E-state index contributed by atoms with van der Waals surface area (Å²) in [7, 11) is 3.30. The van der Waals surface area contributed by atoms with Crippen LogP contribution in [0.2, 0.25) is 0 Å². The van der Waals surface area contributed by atoms with Crippen molar-refractivity contribution in [1.29, 1.82) is 0 Å². The Balaban J connectivity index is 1.76. The zero-order chi connectivity index (χ0) is 15.4. The molecule has 3 heterocycles. The molecule has 0 saturated carbocycles. The number of ether oxygens (including phenoxy) is 4. The molecule has 0 N–H and O–H groups in total. The van der Waals surface area contributed by atoms with Crippen molar-refractivity contribution in [3.05, 3.63) is 29.6 Å². The van der Waals surface area contributed by atoms with Crippen molar-refractivity contribution in [2.24, 2.45) is 9.98 Å². The Morgan fingerprint density at radius 3 is 1.91 bits per heavy atom. The van der Waals surface area contributed by atoms with Crippen LogP contribution in [-0.2, 0) is 18.9 Å². The summed E-state index contributed by atoms with van der Waals surface area (Å²) in [6.07, 6.45) is 0. The second kappa shape index (κ2) is 6.85. The fourth-order valence-electron chi connectivity index (χ4n) is 2.34. The molecular weight excluding hydrogens is 286 g/mol. The van der Waals surface area contributed by atoms with Gasteiger partial charge in [0.1, 0.15) is 36.7 Å². The summed E-state index contributed by atoms with van der Waals surface area (Å²) in [5.41, 5.74) is 1.36. The quantitative estimate of drug-likeness (QED) is 0.772. The topological polar surface area (TPSA) is 74.5 Å². The van der Waals surface area contributed by atoms with E-state index < -0.39 is 0 Å². The van der Waals surface area contributed by atoms with Gasteiger partial charge in [-0.05, 0) is 12.1 Å². The third-order valence-corrected chi connectivity index (χ3v) is 3.33. The predicted molar refractivity (Wildman–Crippen MR) is 80.5 cm³/mol. The monoisotopic (exact) mass is 305 g/mol. The van der Waals surface area contributed by atoms with E-state index in [0.29, 0.717) is 49.6 Å². The Kier molecular flexibility index (Phi) is 4.65. The van der Waals surface area contributed by atoms with Gasteiger partial charge < -0.3 is 18.9 Å². The molecule has 22 heavy (non-hydrogen) atoms. The van der Waals surface area contributed by atoms with Crippen LogP contribution in [0.5, 0.6) is 0 Å². The molecule has 0 unspecified atom stereocenters. The maximum atomic E-state index is 5.59. The minimum atomic E-state index is 0.0246. The van der Waals surface area contributed by atoms with E-state index in [1.54, 1.807) is 14.2 Å². The normalized spacial score (nSPS) is 23.7. The molecule has 2 aliphatic rings. The molecule has 0 amide bonds. The van der Waals surface area contributed by atoms with Crippen LogP contribution in [0.25, 0.3) is 0 Å². The fraction of sp³-hybridized carbons (Fsp3) is 0.533. The van der Waals surface area contributed by atoms with Gasteiger partial charge in [-0.25, -0.2) is 15.0 Å². The van der Waals surface area contributed by atoms with Crippen LogP contribution in [0.4, 0.5) is 0 Å². The molecule has 0 fully saturated rings. The van der Waals surface area contributed by atoms with E-state index >= 15 is 0 Å². The predicted octanol–water partition coefficient (Wildman–Crippen LogP) is 0.665. The molecule has 3 rings (SSSR count). The van der Waals surface area contributed by atoms with Gasteiger partial charge in [-0.2, -0.15) is 0 Å². The Hall–Kier alpha value is -1.99. The van der Waals surface area contributed by atoms with Crippen LogP contribution >= 0.6 is 0 Å². The molecule has 0 spiro atoms. The molecule has 118 valence electrons.